The summed E-state index contributed by atoms with van der Waals surface area (Å²) < 4.78 is 6.29. The second-order valence-corrected chi connectivity index (χ2v) is 4.70. The third-order valence-corrected chi connectivity index (χ3v) is 3.11. The molecule has 88 valence electrons. The van der Waals surface area contributed by atoms with Gasteiger partial charge in [-0.2, -0.15) is 0 Å². The van der Waals surface area contributed by atoms with Gasteiger partial charge in [0.25, 0.3) is 0 Å². The summed E-state index contributed by atoms with van der Waals surface area (Å²) >= 11 is 2.28. The highest BCUT2D eigenvalue weighted by atomic mass is 127. The molecule has 0 atom stereocenters. The predicted molar refractivity (Wildman–Crippen MR) is 75.8 cm³/mol. The first-order valence-electron chi connectivity index (χ1n) is 5.06. The van der Waals surface area contributed by atoms with Crippen molar-refractivity contribution in [3.05, 3.63) is 40.2 Å². The minimum absolute atomic E-state index is 0.562. The van der Waals surface area contributed by atoms with Gasteiger partial charge in [0.2, 0.25) is 5.88 Å². The molecule has 5 heteroatoms. The van der Waals surface area contributed by atoms with E-state index in [1.165, 1.54) is 9.90 Å². The number of anilines is 2. The fourth-order valence-corrected chi connectivity index (χ4v) is 1.78. The van der Waals surface area contributed by atoms with Crippen LogP contribution in [0.15, 0.2) is 36.7 Å². The summed E-state index contributed by atoms with van der Waals surface area (Å²) in [5, 5.41) is 0. The first-order chi connectivity index (χ1) is 8.20. The maximum atomic E-state index is 5.08. The summed E-state index contributed by atoms with van der Waals surface area (Å²) in [6.45, 7) is 0. The third-order valence-electron chi connectivity index (χ3n) is 2.39. The van der Waals surface area contributed by atoms with E-state index >= 15 is 0 Å². The van der Waals surface area contributed by atoms with Crippen LogP contribution in [-0.2, 0) is 0 Å². The van der Waals surface area contributed by atoms with Gasteiger partial charge in [-0.05, 0) is 46.9 Å². The first kappa shape index (κ1) is 12.1. The molecule has 0 aliphatic carbocycles. The van der Waals surface area contributed by atoms with Gasteiger partial charge in [0, 0.05) is 22.4 Å². The van der Waals surface area contributed by atoms with E-state index in [1.54, 1.807) is 13.2 Å². The molecule has 0 saturated heterocycles. The minimum Gasteiger partial charge on any atom is -0.481 e. The van der Waals surface area contributed by atoms with Gasteiger partial charge in [-0.1, -0.05) is 0 Å². The molecule has 1 heterocycles. The summed E-state index contributed by atoms with van der Waals surface area (Å²) in [7, 11) is 3.56. The van der Waals surface area contributed by atoms with Crippen LogP contribution in [0.1, 0.15) is 0 Å². The van der Waals surface area contributed by atoms with Crippen LogP contribution >= 0.6 is 22.6 Å². The van der Waals surface area contributed by atoms with Crippen LogP contribution in [0.4, 0.5) is 11.5 Å². The Morgan fingerprint density at radius 2 is 1.88 bits per heavy atom. The second-order valence-electron chi connectivity index (χ2n) is 3.45. The van der Waals surface area contributed by atoms with E-state index in [1.807, 2.05) is 11.9 Å². The zero-order chi connectivity index (χ0) is 12.3. The van der Waals surface area contributed by atoms with Gasteiger partial charge < -0.3 is 9.64 Å². The Balaban J connectivity index is 2.29. The Morgan fingerprint density at radius 3 is 2.53 bits per heavy atom. The molecule has 4 nitrogen and oxygen atoms in total. The maximum Gasteiger partial charge on any atom is 0.218 e. The van der Waals surface area contributed by atoms with Crippen LogP contribution in [0, 0.1) is 3.57 Å². The Morgan fingerprint density at radius 1 is 1.18 bits per heavy atom. The number of ether oxygens (including phenoxy) is 1. The average Bonchev–Trinajstić information content (AvgIpc) is 2.39. The van der Waals surface area contributed by atoms with Crippen molar-refractivity contribution >= 4 is 34.1 Å². The van der Waals surface area contributed by atoms with E-state index in [2.05, 4.69) is 56.8 Å². The summed E-state index contributed by atoms with van der Waals surface area (Å²) in [5.41, 5.74) is 1.08. The van der Waals surface area contributed by atoms with E-state index in [-0.39, 0.29) is 0 Å². The van der Waals surface area contributed by atoms with E-state index < -0.39 is 0 Å². The predicted octanol–water partition coefficient (Wildman–Crippen LogP) is 2.86. The lowest BCUT2D eigenvalue weighted by Crippen LogP contribution is -2.11. The van der Waals surface area contributed by atoms with Crippen LogP contribution in [0.25, 0.3) is 0 Å². The standard InChI is InChI=1S/C12H12IN3O/c1-16(10-5-3-9(13)4-6-10)11-7-12(17-2)15-8-14-11/h3-8H,1-2H3. The summed E-state index contributed by atoms with van der Waals surface area (Å²) in [5.74, 6) is 1.37. The van der Waals surface area contributed by atoms with Gasteiger partial charge >= 0.3 is 0 Å². The van der Waals surface area contributed by atoms with E-state index in [9.17, 15) is 0 Å². The maximum absolute atomic E-state index is 5.08. The van der Waals surface area contributed by atoms with E-state index in [0.29, 0.717) is 5.88 Å². The topological polar surface area (TPSA) is 38.2 Å². The zero-order valence-electron chi connectivity index (χ0n) is 9.59. The Labute approximate surface area is 114 Å². The van der Waals surface area contributed by atoms with Crippen LogP contribution in [0.5, 0.6) is 5.88 Å². The fraction of sp³-hybridized carbons (Fsp3) is 0.167. The molecule has 0 fully saturated rings. The molecule has 0 radical (unpaired) electrons. The average molecular weight is 341 g/mol. The lowest BCUT2D eigenvalue weighted by molar-refractivity contribution is 0.397. The van der Waals surface area contributed by atoms with Gasteiger partial charge in [0.05, 0.1) is 7.11 Å². The van der Waals surface area contributed by atoms with E-state index in [4.69, 9.17) is 4.74 Å². The molecule has 1 aromatic heterocycles. The number of rotatable bonds is 3. The van der Waals surface area contributed by atoms with Crippen molar-refractivity contribution in [1.29, 1.82) is 0 Å². The monoisotopic (exact) mass is 341 g/mol. The SMILES string of the molecule is COc1cc(N(C)c2ccc(I)cc2)ncn1. The van der Waals surface area contributed by atoms with Crippen molar-refractivity contribution in [3.63, 3.8) is 0 Å². The molecule has 0 aliphatic heterocycles. The van der Waals surface area contributed by atoms with Crippen LogP contribution in [0.3, 0.4) is 0 Å². The highest BCUT2D eigenvalue weighted by Gasteiger charge is 2.06. The number of hydrogen-bond acceptors (Lipinski definition) is 4. The van der Waals surface area contributed by atoms with Crippen molar-refractivity contribution in [2.24, 2.45) is 0 Å². The normalized spacial score (nSPS) is 10.1. The Kier molecular flexibility index (Phi) is 3.78. The number of methoxy groups -OCH3 is 1. The van der Waals surface area contributed by atoms with Gasteiger partial charge in [-0.25, -0.2) is 9.97 Å². The molecular formula is C12H12IN3O. The summed E-state index contributed by atoms with van der Waals surface area (Å²) in [6, 6.07) is 10.0. The minimum atomic E-state index is 0.562. The fourth-order valence-electron chi connectivity index (χ4n) is 1.42. The number of halogens is 1. The molecule has 0 amide bonds. The summed E-state index contributed by atoms with van der Waals surface area (Å²) in [4.78, 5) is 10.2. The summed E-state index contributed by atoms with van der Waals surface area (Å²) in [6.07, 6.45) is 1.50. The van der Waals surface area contributed by atoms with Crippen LogP contribution in [-0.4, -0.2) is 24.1 Å². The van der Waals surface area contributed by atoms with Gasteiger partial charge in [-0.15, -0.1) is 0 Å². The van der Waals surface area contributed by atoms with Gasteiger partial charge in [0.15, 0.2) is 0 Å². The molecule has 2 aromatic rings. The largest absolute Gasteiger partial charge is 0.481 e. The quantitative estimate of drug-likeness (QED) is 0.805. The number of benzene rings is 1. The number of hydrogen-bond donors (Lipinski definition) is 0. The third kappa shape index (κ3) is 2.85. The van der Waals surface area contributed by atoms with Crippen LogP contribution < -0.4 is 9.64 Å². The Bertz CT molecular complexity index is 501. The lowest BCUT2D eigenvalue weighted by atomic mass is 10.3. The highest BCUT2D eigenvalue weighted by molar-refractivity contribution is 14.1. The molecule has 0 bridgehead atoms. The molecule has 1 aromatic carbocycles. The molecule has 0 spiro atoms. The molecule has 2 rings (SSSR count). The van der Waals surface area contributed by atoms with Crippen molar-refractivity contribution in [1.82, 2.24) is 9.97 Å². The van der Waals surface area contributed by atoms with Crippen molar-refractivity contribution < 1.29 is 4.74 Å². The van der Waals surface area contributed by atoms with Crippen molar-refractivity contribution in [2.45, 2.75) is 0 Å². The number of aromatic nitrogens is 2. The first-order valence-corrected chi connectivity index (χ1v) is 6.14. The molecule has 0 unspecified atom stereocenters. The van der Waals surface area contributed by atoms with Crippen molar-refractivity contribution in [2.75, 3.05) is 19.1 Å². The zero-order valence-corrected chi connectivity index (χ0v) is 11.7. The molecule has 17 heavy (non-hydrogen) atoms. The highest BCUT2D eigenvalue weighted by Crippen LogP contribution is 2.23. The number of nitrogens with zero attached hydrogens (tertiary/aromatic N) is 3. The van der Waals surface area contributed by atoms with Gasteiger partial charge in [-0.3, -0.25) is 0 Å². The van der Waals surface area contributed by atoms with Gasteiger partial charge in [0.1, 0.15) is 12.1 Å². The molecule has 0 aliphatic rings. The second kappa shape index (κ2) is 5.31. The molecular weight excluding hydrogens is 329 g/mol. The molecule has 0 N–H and O–H groups in total. The van der Waals surface area contributed by atoms with Crippen molar-refractivity contribution in [3.8, 4) is 5.88 Å². The van der Waals surface area contributed by atoms with E-state index in [0.717, 1.165) is 11.5 Å². The lowest BCUT2D eigenvalue weighted by Gasteiger charge is -2.18. The molecule has 0 saturated carbocycles. The smallest absolute Gasteiger partial charge is 0.218 e. The van der Waals surface area contributed by atoms with Crippen LogP contribution in [0.2, 0.25) is 0 Å². The Hall–Kier alpha value is -1.37.